The van der Waals surface area contributed by atoms with Crippen molar-refractivity contribution in [3.63, 3.8) is 0 Å². The summed E-state index contributed by atoms with van der Waals surface area (Å²) in [5, 5.41) is 18.8. The molecule has 3 rings (SSSR count). The summed E-state index contributed by atoms with van der Waals surface area (Å²) >= 11 is 0. The molecule has 1 heterocycles. The van der Waals surface area contributed by atoms with E-state index in [9.17, 15) is 18.5 Å². The molecule has 2 aromatic carbocycles. The van der Waals surface area contributed by atoms with E-state index in [-0.39, 0.29) is 22.4 Å². The Morgan fingerprint density at radius 2 is 1.57 bits per heavy atom. The minimum absolute atomic E-state index is 0.0930. The number of hydrogen-bond acceptors (Lipinski definition) is 7. The molecule has 3 aromatic rings. The van der Waals surface area contributed by atoms with Gasteiger partial charge in [0.2, 0.25) is 21.8 Å². The molecule has 0 spiro atoms. The minimum Gasteiger partial charge on any atom is -0.416 e. The second-order valence-electron chi connectivity index (χ2n) is 5.84. The Labute approximate surface area is 161 Å². The number of benzene rings is 2. The number of non-ortho nitro benzene ring substituents is 1. The molecule has 0 aliphatic rings. The molecule has 1 aromatic heterocycles. The molecule has 28 heavy (non-hydrogen) atoms. The first kappa shape index (κ1) is 19.6. The van der Waals surface area contributed by atoms with Gasteiger partial charge in [-0.25, -0.2) is 8.42 Å². The van der Waals surface area contributed by atoms with E-state index in [1.54, 1.807) is 32.0 Å². The highest BCUT2D eigenvalue weighted by atomic mass is 32.2. The number of aromatic nitrogens is 2. The lowest BCUT2D eigenvalue weighted by molar-refractivity contribution is -0.384. The average Bonchev–Trinajstić information content (AvgIpc) is 3.19. The van der Waals surface area contributed by atoms with Crippen molar-refractivity contribution in [1.29, 1.82) is 0 Å². The Hall–Kier alpha value is -3.11. The lowest BCUT2D eigenvalue weighted by Crippen LogP contribution is -2.30. The molecule has 0 bridgehead atoms. The van der Waals surface area contributed by atoms with Gasteiger partial charge in [-0.3, -0.25) is 10.1 Å². The molecule has 0 N–H and O–H groups in total. The number of hydrogen-bond donors (Lipinski definition) is 0. The zero-order valence-electron chi connectivity index (χ0n) is 15.3. The molecule has 0 atom stereocenters. The van der Waals surface area contributed by atoms with Gasteiger partial charge in [-0.15, -0.1) is 10.2 Å². The van der Waals surface area contributed by atoms with Crippen molar-refractivity contribution in [2.24, 2.45) is 0 Å². The van der Waals surface area contributed by atoms with Crippen LogP contribution >= 0.6 is 0 Å². The van der Waals surface area contributed by atoms with Crippen molar-refractivity contribution in [3.8, 4) is 22.9 Å². The third-order valence-electron chi connectivity index (χ3n) is 4.15. The monoisotopic (exact) mass is 402 g/mol. The largest absolute Gasteiger partial charge is 0.416 e. The lowest BCUT2D eigenvalue weighted by Gasteiger charge is -2.18. The van der Waals surface area contributed by atoms with Gasteiger partial charge in [0.05, 0.1) is 9.82 Å². The summed E-state index contributed by atoms with van der Waals surface area (Å²) < 4.78 is 32.4. The van der Waals surface area contributed by atoms with Gasteiger partial charge < -0.3 is 4.42 Å². The van der Waals surface area contributed by atoms with E-state index in [4.69, 9.17) is 4.42 Å². The van der Waals surface area contributed by atoms with Crippen LogP contribution in [0.2, 0.25) is 0 Å². The van der Waals surface area contributed by atoms with Crippen LogP contribution in [0, 0.1) is 10.1 Å². The van der Waals surface area contributed by atoms with Crippen LogP contribution < -0.4 is 0 Å². The van der Waals surface area contributed by atoms with Gasteiger partial charge in [-0.05, 0) is 24.3 Å². The summed E-state index contributed by atoms with van der Waals surface area (Å²) in [4.78, 5) is 10.5. The number of nitro benzene ring substituents is 1. The van der Waals surface area contributed by atoms with Gasteiger partial charge in [0.15, 0.2) is 0 Å². The maximum atomic E-state index is 12.7. The van der Waals surface area contributed by atoms with Crippen LogP contribution in [0.25, 0.3) is 22.9 Å². The fraction of sp³-hybridized carbons (Fsp3) is 0.222. The van der Waals surface area contributed by atoms with E-state index in [1.165, 1.54) is 34.6 Å². The van der Waals surface area contributed by atoms with Crippen molar-refractivity contribution >= 4 is 15.7 Å². The van der Waals surface area contributed by atoms with Gasteiger partial charge in [0.25, 0.3) is 5.69 Å². The Morgan fingerprint density at radius 3 is 2.14 bits per heavy atom. The van der Waals surface area contributed by atoms with Crippen molar-refractivity contribution in [2.75, 3.05) is 13.1 Å². The van der Waals surface area contributed by atoms with Crippen LogP contribution in [0.3, 0.4) is 0 Å². The molecule has 0 fully saturated rings. The second kappa shape index (κ2) is 7.87. The fourth-order valence-electron chi connectivity index (χ4n) is 2.71. The summed E-state index contributed by atoms with van der Waals surface area (Å²) in [6, 6.07) is 12.1. The molecule has 0 unspecified atom stereocenters. The van der Waals surface area contributed by atoms with Crippen molar-refractivity contribution in [3.05, 3.63) is 58.6 Å². The van der Waals surface area contributed by atoms with E-state index in [0.29, 0.717) is 24.2 Å². The first-order valence-corrected chi connectivity index (χ1v) is 9.99. The van der Waals surface area contributed by atoms with E-state index < -0.39 is 14.9 Å². The zero-order valence-corrected chi connectivity index (χ0v) is 16.1. The highest BCUT2D eigenvalue weighted by molar-refractivity contribution is 7.89. The molecule has 0 amide bonds. The smallest absolute Gasteiger partial charge is 0.270 e. The molecular weight excluding hydrogens is 384 g/mol. The average molecular weight is 402 g/mol. The highest BCUT2D eigenvalue weighted by Gasteiger charge is 2.22. The molecule has 0 radical (unpaired) electrons. The van der Waals surface area contributed by atoms with Crippen molar-refractivity contribution in [1.82, 2.24) is 14.5 Å². The predicted molar refractivity (Wildman–Crippen MR) is 102 cm³/mol. The quantitative estimate of drug-likeness (QED) is 0.439. The summed E-state index contributed by atoms with van der Waals surface area (Å²) in [7, 11) is -3.62. The summed E-state index contributed by atoms with van der Waals surface area (Å²) in [6.07, 6.45) is 0. The minimum atomic E-state index is -3.62. The molecule has 0 saturated carbocycles. The SMILES string of the molecule is CCN(CC)S(=O)(=O)c1cccc(-c2nnc(-c3cccc([N+](=O)[O-])c3)o2)c1. The maximum absolute atomic E-state index is 12.7. The lowest BCUT2D eigenvalue weighted by atomic mass is 10.2. The molecule has 0 aliphatic carbocycles. The third kappa shape index (κ3) is 3.78. The standard InChI is InChI=1S/C18H18N4O5S/c1-3-21(4-2)28(25,26)16-10-6-8-14(12-16)18-20-19-17(27-18)13-7-5-9-15(11-13)22(23)24/h5-12H,3-4H2,1-2H3. The molecule has 146 valence electrons. The Bertz CT molecular complexity index is 1110. The molecule has 9 nitrogen and oxygen atoms in total. The summed E-state index contributed by atoms with van der Waals surface area (Å²) in [5.41, 5.74) is 0.752. The summed E-state index contributed by atoms with van der Waals surface area (Å²) in [5.74, 6) is 0.230. The second-order valence-corrected chi connectivity index (χ2v) is 7.77. The molecular formula is C18H18N4O5S. The Balaban J connectivity index is 1.97. The number of rotatable bonds is 7. The topological polar surface area (TPSA) is 119 Å². The van der Waals surface area contributed by atoms with Crippen LogP contribution in [-0.2, 0) is 10.0 Å². The van der Waals surface area contributed by atoms with Gasteiger partial charge in [0.1, 0.15) is 0 Å². The van der Waals surface area contributed by atoms with Crippen LogP contribution in [0.4, 0.5) is 5.69 Å². The van der Waals surface area contributed by atoms with Crippen LogP contribution in [-0.4, -0.2) is 40.9 Å². The highest BCUT2D eigenvalue weighted by Crippen LogP contribution is 2.28. The Kier molecular flexibility index (Phi) is 5.52. The number of sulfonamides is 1. The van der Waals surface area contributed by atoms with Gasteiger partial charge in [0, 0.05) is 36.3 Å². The first-order chi connectivity index (χ1) is 13.4. The van der Waals surface area contributed by atoms with Gasteiger partial charge in [-0.1, -0.05) is 26.0 Å². The van der Waals surface area contributed by atoms with Crippen molar-refractivity contribution in [2.45, 2.75) is 18.7 Å². The van der Waals surface area contributed by atoms with Gasteiger partial charge >= 0.3 is 0 Å². The molecule has 10 heteroatoms. The predicted octanol–water partition coefficient (Wildman–Crippen LogP) is 3.34. The molecule has 0 aliphatic heterocycles. The zero-order chi connectivity index (χ0) is 20.3. The van der Waals surface area contributed by atoms with Gasteiger partial charge in [-0.2, -0.15) is 4.31 Å². The van der Waals surface area contributed by atoms with E-state index in [2.05, 4.69) is 10.2 Å². The maximum Gasteiger partial charge on any atom is 0.270 e. The van der Waals surface area contributed by atoms with E-state index in [1.807, 2.05) is 0 Å². The molecule has 0 saturated heterocycles. The fourth-order valence-corrected chi connectivity index (χ4v) is 4.22. The van der Waals surface area contributed by atoms with E-state index in [0.717, 1.165) is 0 Å². The van der Waals surface area contributed by atoms with Crippen LogP contribution in [0.1, 0.15) is 13.8 Å². The Morgan fingerprint density at radius 1 is 1.00 bits per heavy atom. The first-order valence-electron chi connectivity index (χ1n) is 8.55. The normalized spacial score (nSPS) is 11.7. The van der Waals surface area contributed by atoms with E-state index >= 15 is 0 Å². The van der Waals surface area contributed by atoms with Crippen LogP contribution in [0.15, 0.2) is 57.8 Å². The van der Waals surface area contributed by atoms with Crippen molar-refractivity contribution < 1.29 is 17.8 Å². The van der Waals surface area contributed by atoms with Crippen LogP contribution in [0.5, 0.6) is 0 Å². The summed E-state index contributed by atoms with van der Waals surface area (Å²) in [6.45, 7) is 4.27. The number of nitrogens with zero attached hydrogens (tertiary/aromatic N) is 4. The number of nitro groups is 1. The third-order valence-corrected chi connectivity index (χ3v) is 6.20.